The molecule has 6 rings (SSSR count). The number of nitrogens with zero attached hydrogens (tertiary/aromatic N) is 1. The fraction of sp³-hybridized carbons (Fsp3) is 0.857. The summed E-state index contributed by atoms with van der Waals surface area (Å²) >= 11 is 0. The van der Waals surface area contributed by atoms with Crippen molar-refractivity contribution in [1.29, 1.82) is 0 Å². The SMILES string of the molecule is CC(=O)O[C@@H]1C[C@H]2[C@@H]3CC=C4C[C@@H](O[C@@H]5O[C@H](CO)[C@@H](O)[C@H](O)[C@@H]5O)CC[C@]4(C)[C@H]3CC[C@]2(C)[C@H]1[C@H](C)C1=NC[C@H](C)C(=O)C1. The molecule has 10 heteroatoms. The van der Waals surface area contributed by atoms with Crippen LogP contribution in [0.25, 0.3) is 0 Å². The van der Waals surface area contributed by atoms with Gasteiger partial charge in [0.05, 0.1) is 12.7 Å². The molecule has 0 aromatic rings. The van der Waals surface area contributed by atoms with Crippen LogP contribution in [0.2, 0.25) is 0 Å². The van der Waals surface area contributed by atoms with E-state index in [1.807, 2.05) is 6.92 Å². The minimum absolute atomic E-state index is 0.0100. The molecule has 0 radical (unpaired) electrons. The Hall–Kier alpha value is -1.69. The molecule has 0 aromatic carbocycles. The highest BCUT2D eigenvalue weighted by Crippen LogP contribution is 2.67. The van der Waals surface area contributed by atoms with E-state index in [1.54, 1.807) is 0 Å². The monoisotopic (exact) mass is 631 g/mol. The molecule has 252 valence electrons. The lowest BCUT2D eigenvalue weighted by atomic mass is 9.47. The molecular formula is C35H53NO9. The van der Waals surface area contributed by atoms with Crippen LogP contribution < -0.4 is 0 Å². The number of allylic oxidation sites excluding steroid dienone is 1. The smallest absolute Gasteiger partial charge is 0.302 e. The molecule has 45 heavy (non-hydrogen) atoms. The van der Waals surface area contributed by atoms with Crippen molar-refractivity contribution in [3.63, 3.8) is 0 Å². The molecule has 0 aromatic heterocycles. The van der Waals surface area contributed by atoms with Crippen molar-refractivity contribution in [2.75, 3.05) is 13.2 Å². The second kappa shape index (κ2) is 12.4. The third kappa shape index (κ3) is 5.65. The van der Waals surface area contributed by atoms with Gasteiger partial charge in [-0.2, -0.15) is 0 Å². The molecule has 4 aliphatic carbocycles. The number of aliphatic imine (C=N–C) groups is 1. The first-order valence-corrected chi connectivity index (χ1v) is 17.2. The van der Waals surface area contributed by atoms with Crippen LogP contribution >= 0.6 is 0 Å². The fourth-order valence-electron chi connectivity index (χ4n) is 10.6. The fourth-order valence-corrected chi connectivity index (χ4v) is 10.6. The van der Waals surface area contributed by atoms with Crippen LogP contribution in [0.15, 0.2) is 16.6 Å². The van der Waals surface area contributed by atoms with E-state index in [1.165, 1.54) is 12.5 Å². The highest BCUT2D eigenvalue weighted by Gasteiger charge is 2.63. The van der Waals surface area contributed by atoms with Gasteiger partial charge in [0.1, 0.15) is 36.3 Å². The van der Waals surface area contributed by atoms with Crippen LogP contribution in [0.5, 0.6) is 0 Å². The maximum absolute atomic E-state index is 12.7. The van der Waals surface area contributed by atoms with Gasteiger partial charge in [0.25, 0.3) is 0 Å². The van der Waals surface area contributed by atoms with Gasteiger partial charge >= 0.3 is 5.97 Å². The number of fused-ring (bicyclic) bond motifs is 5. The topological polar surface area (TPSA) is 155 Å². The Morgan fingerprint density at radius 3 is 2.58 bits per heavy atom. The van der Waals surface area contributed by atoms with Gasteiger partial charge in [0.15, 0.2) is 6.29 Å². The van der Waals surface area contributed by atoms with Crippen LogP contribution in [0.1, 0.15) is 86.0 Å². The van der Waals surface area contributed by atoms with Gasteiger partial charge in [-0.25, -0.2) is 0 Å². The largest absolute Gasteiger partial charge is 0.462 e. The minimum atomic E-state index is -1.45. The Bertz CT molecular complexity index is 1220. The van der Waals surface area contributed by atoms with Crippen molar-refractivity contribution in [2.24, 2.45) is 51.3 Å². The van der Waals surface area contributed by atoms with Crippen molar-refractivity contribution < 1.29 is 44.2 Å². The summed E-state index contributed by atoms with van der Waals surface area (Å²) in [5.41, 5.74) is 2.33. The zero-order chi connectivity index (χ0) is 32.4. The van der Waals surface area contributed by atoms with Gasteiger partial charge in [-0.05, 0) is 73.5 Å². The predicted molar refractivity (Wildman–Crippen MR) is 165 cm³/mol. The van der Waals surface area contributed by atoms with E-state index in [9.17, 15) is 30.0 Å². The lowest BCUT2D eigenvalue weighted by Crippen LogP contribution is -2.60. The zero-order valence-electron chi connectivity index (χ0n) is 27.4. The number of carbonyl (C=O) groups excluding carboxylic acids is 2. The summed E-state index contributed by atoms with van der Waals surface area (Å²) in [7, 11) is 0. The highest BCUT2D eigenvalue weighted by molar-refractivity contribution is 6.05. The summed E-state index contributed by atoms with van der Waals surface area (Å²) in [5.74, 6) is 1.51. The summed E-state index contributed by atoms with van der Waals surface area (Å²) in [6.45, 7) is 10.5. The molecule has 4 fully saturated rings. The second-order valence-corrected chi connectivity index (χ2v) is 15.6. The Labute approximate surface area is 266 Å². The molecule has 0 unspecified atom stereocenters. The average Bonchev–Trinajstić information content (AvgIpc) is 3.29. The van der Waals surface area contributed by atoms with E-state index in [0.717, 1.165) is 44.2 Å². The number of ketones is 1. The Morgan fingerprint density at radius 1 is 1.13 bits per heavy atom. The van der Waals surface area contributed by atoms with Crippen molar-refractivity contribution in [3.8, 4) is 0 Å². The zero-order valence-corrected chi connectivity index (χ0v) is 27.4. The van der Waals surface area contributed by atoms with E-state index in [0.29, 0.717) is 37.1 Å². The molecular weight excluding hydrogens is 578 g/mol. The maximum Gasteiger partial charge on any atom is 0.302 e. The molecule has 1 saturated heterocycles. The number of Topliss-reactive ketones (excluding diaryl/α,β-unsaturated/α-hetero) is 1. The first-order valence-electron chi connectivity index (χ1n) is 17.2. The van der Waals surface area contributed by atoms with Gasteiger partial charge in [-0.1, -0.05) is 39.3 Å². The number of rotatable bonds is 6. The van der Waals surface area contributed by atoms with E-state index in [2.05, 4.69) is 26.8 Å². The van der Waals surface area contributed by atoms with E-state index < -0.39 is 37.3 Å². The lowest BCUT2D eigenvalue weighted by Gasteiger charge is -2.58. The van der Waals surface area contributed by atoms with Crippen molar-refractivity contribution in [2.45, 2.75) is 129 Å². The first-order chi connectivity index (χ1) is 21.3. The summed E-state index contributed by atoms with van der Waals surface area (Å²) in [6, 6.07) is 0. The van der Waals surface area contributed by atoms with Gasteiger partial charge in [0, 0.05) is 43.4 Å². The van der Waals surface area contributed by atoms with Gasteiger partial charge < -0.3 is 34.6 Å². The maximum atomic E-state index is 12.7. The number of ether oxygens (including phenoxy) is 3. The van der Waals surface area contributed by atoms with Gasteiger partial charge in [0.2, 0.25) is 0 Å². The minimum Gasteiger partial charge on any atom is -0.462 e. The number of esters is 1. The third-order valence-corrected chi connectivity index (χ3v) is 13.2. The third-order valence-electron chi connectivity index (χ3n) is 13.2. The standard InChI is InChI=1S/C35H53NO9/c1-17-15-36-25(14-26(17)39)18(2)29-27(43-19(3)38)13-24-22-7-6-20-12-21(8-10-34(20,4)23(22)9-11-35(24,29)5)44-33-32(42)31(41)30(40)28(16-37)45-33/h6,17-18,21-24,27-33,37,40-42H,7-16H2,1-5H3/t17-,18+,21-,22+,23-,24-,27+,28+,29-,30+,31-,32-,33+,34-,35-/m0/s1. The van der Waals surface area contributed by atoms with Crippen LogP contribution in [-0.2, 0) is 23.8 Å². The van der Waals surface area contributed by atoms with Crippen LogP contribution in [-0.4, -0.2) is 94.0 Å². The molecule has 2 aliphatic heterocycles. The quantitative estimate of drug-likeness (QED) is 0.256. The van der Waals surface area contributed by atoms with Gasteiger partial charge in [-0.3, -0.25) is 14.6 Å². The van der Waals surface area contributed by atoms with Crippen molar-refractivity contribution >= 4 is 17.5 Å². The van der Waals surface area contributed by atoms with E-state index in [-0.39, 0.29) is 52.5 Å². The molecule has 0 bridgehead atoms. The molecule has 15 atom stereocenters. The molecule has 4 N–H and O–H groups in total. The van der Waals surface area contributed by atoms with E-state index >= 15 is 0 Å². The van der Waals surface area contributed by atoms with Crippen molar-refractivity contribution in [1.82, 2.24) is 0 Å². The number of aliphatic hydroxyl groups excluding tert-OH is 4. The van der Waals surface area contributed by atoms with Crippen LogP contribution in [0.4, 0.5) is 0 Å². The summed E-state index contributed by atoms with van der Waals surface area (Å²) in [5, 5.41) is 40.5. The number of aliphatic hydroxyl groups is 4. The summed E-state index contributed by atoms with van der Waals surface area (Å²) in [6.07, 6.45) is 2.35. The average molecular weight is 632 g/mol. The summed E-state index contributed by atoms with van der Waals surface area (Å²) < 4.78 is 17.9. The Morgan fingerprint density at radius 2 is 1.89 bits per heavy atom. The van der Waals surface area contributed by atoms with Crippen LogP contribution in [0.3, 0.4) is 0 Å². The Balaban J connectivity index is 1.20. The van der Waals surface area contributed by atoms with E-state index in [4.69, 9.17) is 19.2 Å². The molecule has 0 amide bonds. The predicted octanol–water partition coefficient (Wildman–Crippen LogP) is 2.98. The highest BCUT2D eigenvalue weighted by atomic mass is 16.7. The molecule has 10 nitrogen and oxygen atoms in total. The number of hydrogen-bond donors (Lipinski definition) is 4. The number of hydrogen-bond acceptors (Lipinski definition) is 10. The summed E-state index contributed by atoms with van der Waals surface area (Å²) in [4.78, 5) is 29.9. The number of carbonyl (C=O) groups is 2. The Kier molecular flexibility index (Phi) is 9.15. The molecule has 0 spiro atoms. The van der Waals surface area contributed by atoms with Crippen LogP contribution in [0, 0.1) is 46.3 Å². The molecule has 6 aliphatic rings. The van der Waals surface area contributed by atoms with Crippen molar-refractivity contribution in [3.05, 3.63) is 11.6 Å². The molecule has 3 saturated carbocycles. The van der Waals surface area contributed by atoms with Gasteiger partial charge in [-0.15, -0.1) is 0 Å². The second-order valence-electron chi connectivity index (χ2n) is 15.6. The normalized spacial score (nSPS) is 48.8. The lowest BCUT2D eigenvalue weighted by molar-refractivity contribution is -0.313. The molecule has 2 heterocycles. The first kappa shape index (κ1) is 33.2.